The fraction of sp³-hybridized carbons (Fsp3) is 0. The van der Waals surface area contributed by atoms with Gasteiger partial charge < -0.3 is 9.30 Å². The summed E-state index contributed by atoms with van der Waals surface area (Å²) >= 11 is 0. The smallest absolute Gasteiger partial charge is 0.0547 e. The Morgan fingerprint density at radius 2 is 0.685 bits per heavy atom. The van der Waals surface area contributed by atoms with Crippen LogP contribution in [0, 0.1) is 0 Å². The van der Waals surface area contributed by atoms with E-state index in [9.17, 15) is 0 Å². The van der Waals surface area contributed by atoms with Crippen molar-refractivity contribution < 1.29 is 0 Å². The Morgan fingerprint density at radius 1 is 0.278 bits per heavy atom. The molecule has 0 N–H and O–H groups in total. The highest BCUT2D eigenvalue weighted by atomic mass is 15.1. The van der Waals surface area contributed by atoms with E-state index >= 15 is 0 Å². The van der Waals surface area contributed by atoms with Gasteiger partial charge in [0.05, 0.1) is 16.6 Å². The Morgan fingerprint density at radius 3 is 1.22 bits per heavy atom. The first kappa shape index (κ1) is 31.6. The lowest BCUT2D eigenvalue weighted by Crippen LogP contribution is -2.09. The maximum Gasteiger partial charge on any atom is 0.0547 e. The molecule has 0 aliphatic heterocycles. The van der Waals surface area contributed by atoms with Crippen molar-refractivity contribution in [2.24, 2.45) is 0 Å². The van der Waals surface area contributed by atoms with E-state index in [4.69, 9.17) is 0 Å². The molecule has 54 heavy (non-hydrogen) atoms. The van der Waals surface area contributed by atoms with Crippen molar-refractivity contribution in [2.45, 2.75) is 0 Å². The van der Waals surface area contributed by atoms with E-state index in [0.29, 0.717) is 0 Å². The number of benzene rings is 8. The Balaban J connectivity index is 1.06. The number of hydrogen-bond donors (Lipinski definition) is 0. The monoisotopic (exact) mass is 688 g/mol. The Labute approximate surface area is 315 Å². The third-order valence-corrected chi connectivity index (χ3v) is 10.6. The lowest BCUT2D eigenvalue weighted by Gasteiger charge is -2.26. The predicted molar refractivity (Wildman–Crippen MR) is 229 cm³/mol. The van der Waals surface area contributed by atoms with E-state index in [1.165, 1.54) is 71.8 Å². The highest BCUT2D eigenvalue weighted by Gasteiger charge is 2.17. The van der Waals surface area contributed by atoms with E-state index in [1.54, 1.807) is 0 Å². The third kappa shape index (κ3) is 5.62. The normalized spacial score (nSPS) is 11.3. The summed E-state index contributed by atoms with van der Waals surface area (Å²) in [5, 5.41) is 2.48. The summed E-state index contributed by atoms with van der Waals surface area (Å²) < 4.78 is 2.44. The fourth-order valence-corrected chi connectivity index (χ4v) is 7.93. The molecule has 0 aliphatic rings. The van der Waals surface area contributed by atoms with Crippen LogP contribution >= 0.6 is 0 Å². The van der Waals surface area contributed by atoms with Crippen molar-refractivity contribution in [3.05, 3.63) is 218 Å². The van der Waals surface area contributed by atoms with E-state index < -0.39 is 0 Å². The lowest BCUT2D eigenvalue weighted by atomic mass is 10.0. The van der Waals surface area contributed by atoms with Crippen molar-refractivity contribution in [1.29, 1.82) is 0 Å². The molecule has 2 heteroatoms. The number of aromatic nitrogens is 1. The molecule has 0 saturated carbocycles. The molecule has 0 fully saturated rings. The minimum Gasteiger partial charge on any atom is -0.311 e. The zero-order valence-corrected chi connectivity index (χ0v) is 29.7. The summed E-state index contributed by atoms with van der Waals surface area (Å²) in [5.74, 6) is 0. The number of anilines is 3. The Bertz CT molecular complexity index is 2790. The molecule has 0 spiro atoms. The first-order chi connectivity index (χ1) is 26.8. The molecule has 0 radical (unpaired) electrons. The van der Waals surface area contributed by atoms with Gasteiger partial charge >= 0.3 is 0 Å². The summed E-state index contributed by atoms with van der Waals surface area (Å²) in [7, 11) is 0. The van der Waals surface area contributed by atoms with Crippen LogP contribution in [0.1, 0.15) is 0 Å². The van der Waals surface area contributed by atoms with Crippen molar-refractivity contribution >= 4 is 44.4 Å². The number of fused-ring (bicyclic) bond motifs is 5. The second kappa shape index (κ2) is 13.4. The van der Waals surface area contributed by atoms with Crippen LogP contribution in [0.5, 0.6) is 0 Å². The summed E-state index contributed by atoms with van der Waals surface area (Å²) in [6, 6.07) is 78.8. The fourth-order valence-electron chi connectivity index (χ4n) is 7.93. The molecule has 0 atom stereocenters. The van der Waals surface area contributed by atoms with Crippen molar-refractivity contribution in [3.8, 4) is 44.5 Å². The van der Waals surface area contributed by atoms with Gasteiger partial charge in [-0.1, -0.05) is 164 Å². The van der Waals surface area contributed by atoms with E-state index in [2.05, 4.69) is 228 Å². The minimum absolute atomic E-state index is 1.10. The van der Waals surface area contributed by atoms with Gasteiger partial charge in [0, 0.05) is 28.0 Å². The average molecular weight is 689 g/mol. The Hall–Kier alpha value is -7.16. The third-order valence-electron chi connectivity index (χ3n) is 10.6. The second-order valence-electron chi connectivity index (χ2n) is 13.8. The maximum absolute atomic E-state index is 2.44. The van der Waals surface area contributed by atoms with Crippen LogP contribution in [-0.2, 0) is 0 Å². The Kier molecular flexibility index (Phi) is 7.85. The topological polar surface area (TPSA) is 7.65 Å². The summed E-state index contributed by atoms with van der Waals surface area (Å²) in [6.07, 6.45) is 0. The summed E-state index contributed by atoms with van der Waals surface area (Å²) in [5.41, 5.74) is 16.6. The van der Waals surface area contributed by atoms with Crippen LogP contribution in [-0.4, -0.2) is 4.40 Å². The van der Waals surface area contributed by atoms with Crippen LogP contribution < -0.4 is 4.90 Å². The van der Waals surface area contributed by atoms with Crippen LogP contribution in [0.25, 0.3) is 71.8 Å². The molecule has 8 aromatic carbocycles. The molecule has 2 heterocycles. The molecule has 10 aromatic rings. The zero-order chi connectivity index (χ0) is 35.8. The number of nitrogens with zero attached hydrogens (tertiary/aromatic N) is 2. The van der Waals surface area contributed by atoms with Gasteiger partial charge in [-0.05, 0) is 98.9 Å². The van der Waals surface area contributed by atoms with Crippen LogP contribution in [0.4, 0.5) is 17.1 Å². The molecular weight excluding hydrogens is 653 g/mol. The minimum atomic E-state index is 1.10. The molecule has 0 bridgehead atoms. The predicted octanol–water partition coefficient (Wildman–Crippen LogP) is 14.4. The number of pyridine rings is 1. The average Bonchev–Trinajstić information content (AvgIpc) is 3.60. The van der Waals surface area contributed by atoms with Gasteiger partial charge in [-0.3, -0.25) is 0 Å². The lowest BCUT2D eigenvalue weighted by molar-refractivity contribution is 1.28. The van der Waals surface area contributed by atoms with Crippen LogP contribution in [0.15, 0.2) is 218 Å². The zero-order valence-electron chi connectivity index (χ0n) is 29.7. The van der Waals surface area contributed by atoms with E-state index in [0.717, 1.165) is 17.1 Å². The van der Waals surface area contributed by atoms with Gasteiger partial charge in [0.2, 0.25) is 0 Å². The highest BCUT2D eigenvalue weighted by molar-refractivity contribution is 6.08. The van der Waals surface area contributed by atoms with E-state index in [-0.39, 0.29) is 0 Å². The standard InChI is InChI=1S/C52H36N2/c1-4-12-37(13-5-1)39-22-29-45(30-23-39)53(46-31-24-40(25-32-46)38-14-6-2-7-15-38)47-33-26-41(27-34-47)44-21-20-42-28-35-50-52(43-16-8-3-9-17-43)48-18-10-11-19-49(48)54(50)51(42)36-44/h1-36H. The van der Waals surface area contributed by atoms with Gasteiger partial charge in [-0.25, -0.2) is 0 Å². The molecule has 2 nitrogen and oxygen atoms in total. The van der Waals surface area contributed by atoms with Crippen molar-refractivity contribution in [3.63, 3.8) is 0 Å². The van der Waals surface area contributed by atoms with Gasteiger partial charge in [0.15, 0.2) is 0 Å². The molecule has 0 saturated heterocycles. The molecule has 0 unspecified atom stereocenters. The quantitative estimate of drug-likeness (QED) is 0.162. The number of rotatable bonds is 7. The van der Waals surface area contributed by atoms with Gasteiger partial charge in [0.25, 0.3) is 0 Å². The van der Waals surface area contributed by atoms with Crippen molar-refractivity contribution in [1.82, 2.24) is 4.40 Å². The first-order valence-corrected chi connectivity index (χ1v) is 18.5. The van der Waals surface area contributed by atoms with Crippen LogP contribution in [0.2, 0.25) is 0 Å². The van der Waals surface area contributed by atoms with Crippen molar-refractivity contribution in [2.75, 3.05) is 4.90 Å². The molecular formula is C52H36N2. The van der Waals surface area contributed by atoms with Gasteiger partial charge in [-0.2, -0.15) is 0 Å². The SMILES string of the molecule is c1ccc(-c2ccc(N(c3ccc(-c4ccccc4)cc3)c3ccc(-c4ccc5ccc6c(-c7ccccc7)c7ccccc7n6c5c4)cc3)cc2)cc1. The maximum atomic E-state index is 2.44. The molecule has 254 valence electrons. The summed E-state index contributed by atoms with van der Waals surface area (Å²) in [6.45, 7) is 0. The first-order valence-electron chi connectivity index (χ1n) is 18.5. The number of hydrogen-bond acceptors (Lipinski definition) is 1. The molecule has 0 aliphatic carbocycles. The van der Waals surface area contributed by atoms with Gasteiger partial charge in [-0.15, -0.1) is 0 Å². The highest BCUT2D eigenvalue weighted by Crippen LogP contribution is 2.40. The van der Waals surface area contributed by atoms with Crippen LogP contribution in [0.3, 0.4) is 0 Å². The number of para-hydroxylation sites is 1. The molecule has 10 rings (SSSR count). The summed E-state index contributed by atoms with van der Waals surface area (Å²) in [4.78, 5) is 2.34. The van der Waals surface area contributed by atoms with Gasteiger partial charge in [0.1, 0.15) is 0 Å². The van der Waals surface area contributed by atoms with E-state index in [1.807, 2.05) is 0 Å². The molecule has 0 amide bonds. The molecule has 2 aromatic heterocycles. The second-order valence-corrected chi connectivity index (χ2v) is 13.8. The largest absolute Gasteiger partial charge is 0.311 e.